The zero-order chi connectivity index (χ0) is 15.7. The number of aromatic nitrogens is 2. The maximum absolute atomic E-state index is 6.04. The van der Waals surface area contributed by atoms with E-state index in [0.717, 1.165) is 17.9 Å². The lowest BCUT2D eigenvalue weighted by molar-refractivity contribution is 0.00578. The molecule has 4 nitrogen and oxygen atoms in total. The van der Waals surface area contributed by atoms with Crippen LogP contribution in [0.2, 0.25) is 0 Å². The summed E-state index contributed by atoms with van der Waals surface area (Å²) in [4.78, 5) is 0. The first-order valence-electron chi connectivity index (χ1n) is 8.09. The highest BCUT2D eigenvalue weighted by molar-refractivity contribution is 6.61. The first-order chi connectivity index (χ1) is 9.71. The molecular formula is C16H29BN2O2. The van der Waals surface area contributed by atoms with Crippen LogP contribution in [-0.2, 0) is 15.9 Å². The van der Waals surface area contributed by atoms with Gasteiger partial charge in [0.05, 0.1) is 11.2 Å². The summed E-state index contributed by atoms with van der Waals surface area (Å²) in [7, 11) is -0.306. The molecule has 0 aliphatic carbocycles. The Morgan fingerprint density at radius 1 is 1.14 bits per heavy atom. The van der Waals surface area contributed by atoms with Gasteiger partial charge in [0.1, 0.15) is 0 Å². The van der Waals surface area contributed by atoms with Gasteiger partial charge >= 0.3 is 7.12 Å². The van der Waals surface area contributed by atoms with Gasteiger partial charge in [0.15, 0.2) is 0 Å². The van der Waals surface area contributed by atoms with Crippen LogP contribution in [-0.4, -0.2) is 28.1 Å². The van der Waals surface area contributed by atoms with E-state index in [9.17, 15) is 0 Å². The number of hydrogen-bond acceptors (Lipinski definition) is 3. The molecular weight excluding hydrogens is 263 g/mol. The van der Waals surface area contributed by atoms with Gasteiger partial charge in [0.2, 0.25) is 0 Å². The van der Waals surface area contributed by atoms with Crippen LogP contribution in [0.4, 0.5) is 0 Å². The Morgan fingerprint density at radius 3 is 2.33 bits per heavy atom. The van der Waals surface area contributed by atoms with Crippen molar-refractivity contribution < 1.29 is 9.31 Å². The van der Waals surface area contributed by atoms with Crippen molar-refractivity contribution in [2.75, 3.05) is 0 Å². The van der Waals surface area contributed by atoms with Gasteiger partial charge in [-0.15, -0.1) is 0 Å². The van der Waals surface area contributed by atoms with Crippen molar-refractivity contribution in [2.24, 2.45) is 5.92 Å². The number of hydrogen-bond donors (Lipinski definition) is 0. The van der Waals surface area contributed by atoms with E-state index >= 15 is 0 Å². The van der Waals surface area contributed by atoms with Crippen molar-refractivity contribution >= 4 is 12.6 Å². The quantitative estimate of drug-likeness (QED) is 0.597. The maximum atomic E-state index is 6.04. The Balaban J connectivity index is 1.89. The summed E-state index contributed by atoms with van der Waals surface area (Å²) in [5, 5.41) is 4.43. The molecule has 0 spiro atoms. The van der Waals surface area contributed by atoms with Crippen LogP contribution in [0.5, 0.6) is 0 Å². The molecule has 0 radical (unpaired) electrons. The first kappa shape index (κ1) is 16.6. The molecule has 1 aliphatic rings. The summed E-state index contributed by atoms with van der Waals surface area (Å²) in [5.41, 5.74) is 0.422. The lowest BCUT2D eigenvalue weighted by Crippen LogP contribution is -2.41. The van der Waals surface area contributed by atoms with Crippen molar-refractivity contribution in [1.29, 1.82) is 0 Å². The summed E-state index contributed by atoms with van der Waals surface area (Å²) in [6.07, 6.45) is 7.62. The summed E-state index contributed by atoms with van der Waals surface area (Å²) in [5.74, 6) is 0.780. The highest BCUT2D eigenvalue weighted by Gasteiger charge is 2.52. The van der Waals surface area contributed by atoms with Crippen LogP contribution in [0.15, 0.2) is 12.4 Å². The van der Waals surface area contributed by atoms with Gasteiger partial charge in [0, 0.05) is 24.4 Å². The van der Waals surface area contributed by atoms with E-state index in [-0.39, 0.29) is 18.3 Å². The Bertz CT molecular complexity index is 453. The normalized spacial score (nSPS) is 20.4. The van der Waals surface area contributed by atoms with Crippen LogP contribution < -0.4 is 5.46 Å². The standard InChI is InChI=1S/C16H29BN2O2/c1-13(2)9-7-8-10-19-12-14(11-18-19)17-20-15(3,4)16(5,6)21-17/h11-13H,7-10H2,1-6H3. The summed E-state index contributed by atoms with van der Waals surface area (Å²) in [6, 6.07) is 0. The second-order valence-corrected chi connectivity index (χ2v) is 7.51. The monoisotopic (exact) mass is 292 g/mol. The van der Waals surface area contributed by atoms with Crippen LogP contribution >= 0.6 is 0 Å². The topological polar surface area (TPSA) is 36.3 Å². The van der Waals surface area contributed by atoms with Gasteiger partial charge in [-0.25, -0.2) is 0 Å². The second-order valence-electron chi connectivity index (χ2n) is 7.51. The average Bonchev–Trinajstić information content (AvgIpc) is 2.88. The first-order valence-corrected chi connectivity index (χ1v) is 8.09. The smallest absolute Gasteiger partial charge is 0.399 e. The highest BCUT2D eigenvalue weighted by Crippen LogP contribution is 2.36. The van der Waals surface area contributed by atoms with Crippen molar-refractivity contribution in [3.05, 3.63) is 12.4 Å². The predicted molar refractivity (Wildman–Crippen MR) is 86.6 cm³/mol. The van der Waals surface area contributed by atoms with Crippen LogP contribution in [0.3, 0.4) is 0 Å². The van der Waals surface area contributed by atoms with Gasteiger partial charge in [-0.3, -0.25) is 4.68 Å². The van der Waals surface area contributed by atoms with E-state index in [2.05, 4.69) is 52.8 Å². The van der Waals surface area contributed by atoms with Gasteiger partial charge in [-0.2, -0.15) is 5.10 Å². The number of nitrogens with zero attached hydrogens (tertiary/aromatic N) is 2. The third-order valence-corrected chi connectivity index (χ3v) is 4.60. The van der Waals surface area contributed by atoms with Crippen molar-refractivity contribution in [2.45, 2.75) is 78.6 Å². The van der Waals surface area contributed by atoms with E-state index < -0.39 is 0 Å². The summed E-state index contributed by atoms with van der Waals surface area (Å²) >= 11 is 0. The lowest BCUT2D eigenvalue weighted by Gasteiger charge is -2.32. The zero-order valence-corrected chi connectivity index (χ0v) is 14.3. The molecule has 0 saturated carbocycles. The maximum Gasteiger partial charge on any atom is 0.498 e. The molecule has 0 amide bonds. The Kier molecular flexibility index (Phi) is 4.84. The molecule has 118 valence electrons. The molecule has 21 heavy (non-hydrogen) atoms. The second kappa shape index (κ2) is 6.13. The molecule has 2 heterocycles. The minimum absolute atomic E-state index is 0.295. The molecule has 5 heteroatoms. The molecule has 1 aromatic rings. The van der Waals surface area contributed by atoms with Crippen molar-refractivity contribution in [3.8, 4) is 0 Å². The van der Waals surface area contributed by atoms with Gasteiger partial charge in [-0.1, -0.05) is 26.7 Å². The van der Waals surface area contributed by atoms with Gasteiger partial charge < -0.3 is 9.31 Å². The summed E-state index contributed by atoms with van der Waals surface area (Å²) < 4.78 is 14.1. The third kappa shape index (κ3) is 3.89. The average molecular weight is 292 g/mol. The minimum Gasteiger partial charge on any atom is -0.399 e. The largest absolute Gasteiger partial charge is 0.498 e. The van der Waals surface area contributed by atoms with E-state index in [1.54, 1.807) is 0 Å². The molecule has 0 N–H and O–H groups in total. The number of rotatable bonds is 6. The number of aryl methyl sites for hydroxylation is 1. The van der Waals surface area contributed by atoms with Crippen LogP contribution in [0.25, 0.3) is 0 Å². The van der Waals surface area contributed by atoms with E-state index in [1.165, 1.54) is 19.3 Å². The fraction of sp³-hybridized carbons (Fsp3) is 0.812. The van der Waals surface area contributed by atoms with Crippen molar-refractivity contribution in [3.63, 3.8) is 0 Å². The van der Waals surface area contributed by atoms with E-state index in [0.29, 0.717) is 0 Å². The van der Waals surface area contributed by atoms with E-state index in [4.69, 9.17) is 9.31 Å². The molecule has 1 aromatic heterocycles. The number of unbranched alkanes of at least 4 members (excludes halogenated alkanes) is 1. The lowest BCUT2D eigenvalue weighted by atomic mass is 9.82. The molecule has 2 rings (SSSR count). The molecule has 1 saturated heterocycles. The zero-order valence-electron chi connectivity index (χ0n) is 14.3. The van der Waals surface area contributed by atoms with Gasteiger partial charge in [-0.05, 0) is 40.0 Å². The minimum atomic E-state index is -0.306. The molecule has 0 unspecified atom stereocenters. The van der Waals surface area contributed by atoms with Crippen molar-refractivity contribution in [1.82, 2.24) is 9.78 Å². The molecule has 0 bridgehead atoms. The highest BCUT2D eigenvalue weighted by atomic mass is 16.7. The Hall–Kier alpha value is -0.805. The Labute approximate surface area is 129 Å². The molecule has 0 aromatic carbocycles. The summed E-state index contributed by atoms with van der Waals surface area (Å²) in [6.45, 7) is 13.8. The van der Waals surface area contributed by atoms with Gasteiger partial charge in [0.25, 0.3) is 0 Å². The fourth-order valence-corrected chi connectivity index (χ4v) is 2.43. The SMILES string of the molecule is CC(C)CCCCn1cc(B2OC(C)(C)C(C)(C)O2)cn1. The molecule has 1 aliphatic heterocycles. The van der Waals surface area contributed by atoms with Crippen LogP contribution in [0.1, 0.15) is 60.8 Å². The fourth-order valence-electron chi connectivity index (χ4n) is 2.43. The molecule has 1 fully saturated rings. The molecule has 0 atom stereocenters. The van der Waals surface area contributed by atoms with E-state index in [1.807, 2.05) is 10.9 Å². The predicted octanol–water partition coefficient (Wildman–Crippen LogP) is 3.01. The third-order valence-electron chi connectivity index (χ3n) is 4.60. The Morgan fingerprint density at radius 2 is 1.76 bits per heavy atom. The van der Waals surface area contributed by atoms with Crippen LogP contribution in [0, 0.1) is 5.92 Å².